The number of ether oxygens (including phenoxy) is 1. The molecule has 130 valence electrons. The summed E-state index contributed by atoms with van der Waals surface area (Å²) in [5.41, 5.74) is 1.67. The van der Waals surface area contributed by atoms with Crippen LogP contribution in [0.2, 0.25) is 10.0 Å². The second-order valence-electron chi connectivity index (χ2n) is 6.08. The first-order chi connectivity index (χ1) is 12.0. The van der Waals surface area contributed by atoms with Crippen molar-refractivity contribution in [3.63, 3.8) is 0 Å². The molecule has 0 bridgehead atoms. The second kappa shape index (κ2) is 7.65. The molecule has 4 nitrogen and oxygen atoms in total. The molecule has 1 aliphatic carbocycles. The number of nitrogens with zero attached hydrogens (tertiary/aromatic N) is 1. The average Bonchev–Trinajstić information content (AvgIpc) is 2.90. The molecule has 0 aliphatic heterocycles. The van der Waals surface area contributed by atoms with E-state index >= 15 is 0 Å². The Morgan fingerprint density at radius 1 is 1.48 bits per heavy atom. The number of benzene rings is 1. The van der Waals surface area contributed by atoms with Crippen LogP contribution in [0.25, 0.3) is 0 Å². The van der Waals surface area contributed by atoms with Crippen molar-refractivity contribution < 1.29 is 9.53 Å². The first kappa shape index (κ1) is 18.1. The lowest BCUT2D eigenvalue weighted by Gasteiger charge is -2.17. The van der Waals surface area contributed by atoms with Crippen LogP contribution in [0.1, 0.15) is 29.3 Å². The maximum absolute atomic E-state index is 12.2. The fourth-order valence-corrected chi connectivity index (χ4v) is 4.54. The zero-order valence-corrected chi connectivity index (χ0v) is 15.9. The van der Waals surface area contributed by atoms with Gasteiger partial charge in [-0.1, -0.05) is 30.1 Å². The summed E-state index contributed by atoms with van der Waals surface area (Å²) < 4.78 is 5.44. The Labute approximate surface area is 160 Å². The molecule has 1 heterocycles. The molecule has 0 unspecified atom stereocenters. The molecule has 1 atom stereocenters. The van der Waals surface area contributed by atoms with E-state index in [1.54, 1.807) is 18.2 Å². The molecule has 2 aromatic rings. The van der Waals surface area contributed by atoms with Gasteiger partial charge in [0.1, 0.15) is 16.8 Å². The summed E-state index contributed by atoms with van der Waals surface area (Å²) in [4.78, 5) is 13.4. The number of nitriles is 1. The van der Waals surface area contributed by atoms with Gasteiger partial charge < -0.3 is 10.1 Å². The molecule has 25 heavy (non-hydrogen) atoms. The van der Waals surface area contributed by atoms with E-state index in [-0.39, 0.29) is 12.5 Å². The van der Waals surface area contributed by atoms with Crippen molar-refractivity contribution in [3.8, 4) is 11.8 Å². The summed E-state index contributed by atoms with van der Waals surface area (Å²) in [6, 6.07) is 7.05. The summed E-state index contributed by atoms with van der Waals surface area (Å²) >= 11 is 13.3. The molecule has 1 amide bonds. The number of hydrogen-bond acceptors (Lipinski definition) is 4. The van der Waals surface area contributed by atoms with Crippen molar-refractivity contribution in [2.24, 2.45) is 5.92 Å². The molecule has 1 aromatic heterocycles. The Kier molecular flexibility index (Phi) is 5.53. The van der Waals surface area contributed by atoms with Gasteiger partial charge in [-0.25, -0.2) is 0 Å². The Morgan fingerprint density at radius 3 is 3.00 bits per heavy atom. The Hall–Kier alpha value is -1.74. The summed E-state index contributed by atoms with van der Waals surface area (Å²) in [6.07, 6.45) is 2.97. The monoisotopic (exact) mass is 394 g/mol. The molecule has 3 rings (SSSR count). The van der Waals surface area contributed by atoms with E-state index in [1.165, 1.54) is 16.2 Å². The van der Waals surface area contributed by atoms with E-state index in [9.17, 15) is 10.1 Å². The molecule has 7 heteroatoms. The molecule has 1 N–H and O–H groups in total. The third-order valence-electron chi connectivity index (χ3n) is 4.12. The minimum absolute atomic E-state index is 0.189. The Balaban J connectivity index is 1.68. The Morgan fingerprint density at radius 2 is 2.28 bits per heavy atom. The van der Waals surface area contributed by atoms with E-state index in [0.717, 1.165) is 24.8 Å². The number of thiophene rings is 1. The molecular weight excluding hydrogens is 379 g/mol. The summed E-state index contributed by atoms with van der Waals surface area (Å²) in [5, 5.41) is 13.7. The highest BCUT2D eigenvalue weighted by atomic mass is 35.5. The highest BCUT2D eigenvalue weighted by molar-refractivity contribution is 7.16. The number of hydrogen-bond donors (Lipinski definition) is 1. The highest BCUT2D eigenvalue weighted by Crippen LogP contribution is 2.39. The first-order valence-electron chi connectivity index (χ1n) is 7.90. The van der Waals surface area contributed by atoms with Gasteiger partial charge in [0.2, 0.25) is 0 Å². The largest absolute Gasteiger partial charge is 0.482 e. The number of halogens is 2. The topological polar surface area (TPSA) is 62.1 Å². The first-order valence-corrected chi connectivity index (χ1v) is 9.47. The lowest BCUT2D eigenvalue weighted by Crippen LogP contribution is -2.20. The fourth-order valence-electron chi connectivity index (χ4n) is 2.86. The predicted octanol–water partition coefficient (Wildman–Crippen LogP) is 5.07. The lowest BCUT2D eigenvalue weighted by atomic mass is 9.88. The van der Waals surface area contributed by atoms with E-state index in [0.29, 0.717) is 32.3 Å². The van der Waals surface area contributed by atoms with Gasteiger partial charge in [0, 0.05) is 9.90 Å². The quantitative estimate of drug-likeness (QED) is 0.786. The van der Waals surface area contributed by atoms with Crippen LogP contribution in [0, 0.1) is 17.2 Å². The molecule has 0 spiro atoms. The smallest absolute Gasteiger partial charge is 0.262 e. The Bertz CT molecular complexity index is 857. The highest BCUT2D eigenvalue weighted by Gasteiger charge is 2.24. The van der Waals surface area contributed by atoms with Gasteiger partial charge in [-0.15, -0.1) is 11.3 Å². The zero-order valence-electron chi connectivity index (χ0n) is 13.6. The van der Waals surface area contributed by atoms with Gasteiger partial charge in [0.25, 0.3) is 5.91 Å². The van der Waals surface area contributed by atoms with Crippen LogP contribution >= 0.6 is 34.5 Å². The van der Waals surface area contributed by atoms with Crippen LogP contribution in [-0.2, 0) is 17.6 Å². The number of carbonyl (C=O) groups is 1. The number of anilines is 1. The van der Waals surface area contributed by atoms with E-state index in [4.69, 9.17) is 27.9 Å². The average molecular weight is 395 g/mol. The van der Waals surface area contributed by atoms with Crippen molar-refractivity contribution >= 4 is 45.4 Å². The number of amides is 1. The summed E-state index contributed by atoms with van der Waals surface area (Å²) in [5.74, 6) is 0.628. The number of fused-ring (bicyclic) bond motifs is 1. The molecule has 0 saturated heterocycles. The van der Waals surface area contributed by atoms with Crippen LogP contribution in [0.5, 0.6) is 5.75 Å². The maximum Gasteiger partial charge on any atom is 0.262 e. The minimum atomic E-state index is -0.325. The van der Waals surface area contributed by atoms with Crippen molar-refractivity contribution in [3.05, 3.63) is 44.2 Å². The molecule has 0 radical (unpaired) electrons. The van der Waals surface area contributed by atoms with Gasteiger partial charge in [-0.05, 0) is 48.9 Å². The van der Waals surface area contributed by atoms with E-state index in [2.05, 4.69) is 18.3 Å². The maximum atomic E-state index is 12.2. The molecule has 0 saturated carbocycles. The van der Waals surface area contributed by atoms with Gasteiger partial charge in [0.15, 0.2) is 6.61 Å². The van der Waals surface area contributed by atoms with Crippen molar-refractivity contribution in [2.45, 2.75) is 26.2 Å². The minimum Gasteiger partial charge on any atom is -0.482 e. The van der Waals surface area contributed by atoms with Crippen LogP contribution in [-0.4, -0.2) is 12.5 Å². The lowest BCUT2D eigenvalue weighted by molar-refractivity contribution is -0.118. The van der Waals surface area contributed by atoms with E-state index in [1.807, 2.05) is 0 Å². The molecule has 0 fully saturated rings. The zero-order chi connectivity index (χ0) is 18.0. The van der Waals surface area contributed by atoms with Crippen molar-refractivity contribution in [2.75, 3.05) is 11.9 Å². The SMILES string of the molecule is C[C@H]1CCc2sc(NC(=O)COc3ccc(Cl)cc3Cl)c(C#N)c2C1. The number of carbonyl (C=O) groups excluding carboxylic acids is 1. The van der Waals surface area contributed by atoms with Crippen LogP contribution in [0.4, 0.5) is 5.00 Å². The van der Waals surface area contributed by atoms with Crippen LogP contribution < -0.4 is 10.1 Å². The summed E-state index contributed by atoms with van der Waals surface area (Å²) in [7, 11) is 0. The fraction of sp³-hybridized carbons (Fsp3) is 0.333. The third kappa shape index (κ3) is 4.09. The van der Waals surface area contributed by atoms with Gasteiger partial charge in [-0.3, -0.25) is 4.79 Å². The number of nitrogens with one attached hydrogen (secondary N) is 1. The van der Waals surface area contributed by atoms with Gasteiger partial charge >= 0.3 is 0 Å². The normalized spacial score (nSPS) is 16.0. The third-order valence-corrected chi connectivity index (χ3v) is 5.86. The number of aryl methyl sites for hydroxylation is 1. The standard InChI is InChI=1S/C18H16Cl2N2O2S/c1-10-2-5-16-12(6-10)13(8-21)18(25-16)22-17(23)9-24-15-4-3-11(19)7-14(15)20/h3-4,7,10H,2,5-6,9H2,1H3,(H,22,23)/t10-/m0/s1. The van der Waals surface area contributed by atoms with E-state index < -0.39 is 0 Å². The molecular formula is C18H16Cl2N2O2S. The van der Waals surface area contributed by atoms with Gasteiger partial charge in [-0.2, -0.15) is 5.26 Å². The van der Waals surface area contributed by atoms with Crippen LogP contribution in [0.15, 0.2) is 18.2 Å². The predicted molar refractivity (Wildman–Crippen MR) is 101 cm³/mol. The summed E-state index contributed by atoms with van der Waals surface area (Å²) in [6.45, 7) is 1.99. The van der Waals surface area contributed by atoms with Crippen molar-refractivity contribution in [1.82, 2.24) is 0 Å². The van der Waals surface area contributed by atoms with Gasteiger partial charge in [0.05, 0.1) is 10.6 Å². The second-order valence-corrected chi connectivity index (χ2v) is 8.03. The van der Waals surface area contributed by atoms with Crippen molar-refractivity contribution in [1.29, 1.82) is 5.26 Å². The molecule has 1 aromatic carbocycles. The van der Waals surface area contributed by atoms with Crippen LogP contribution in [0.3, 0.4) is 0 Å². The number of rotatable bonds is 4. The molecule has 1 aliphatic rings.